The van der Waals surface area contributed by atoms with Gasteiger partial charge >= 0.3 is 0 Å². The van der Waals surface area contributed by atoms with Crippen LogP contribution in [0.15, 0.2) is 65.7 Å². The van der Waals surface area contributed by atoms with E-state index in [1.54, 1.807) is 12.1 Å². The summed E-state index contributed by atoms with van der Waals surface area (Å²) in [6, 6.07) is 17.4. The van der Waals surface area contributed by atoms with Crippen LogP contribution in [0.1, 0.15) is 11.1 Å². The molecule has 0 spiro atoms. The highest BCUT2D eigenvalue weighted by Crippen LogP contribution is 2.26. The molecule has 0 atom stereocenters. The molecule has 118 valence electrons. The fraction of sp³-hybridized carbons (Fsp3) is 0.158. The molecule has 0 saturated carbocycles. The average Bonchev–Trinajstić information content (AvgIpc) is 2.99. The Morgan fingerprint density at radius 1 is 0.870 bits per heavy atom. The molecule has 0 N–H and O–H groups in total. The van der Waals surface area contributed by atoms with E-state index < -0.39 is 9.84 Å². The lowest BCUT2D eigenvalue weighted by Gasteiger charge is -2.12. The topological polar surface area (TPSA) is 39.1 Å². The van der Waals surface area contributed by atoms with Crippen molar-refractivity contribution >= 4 is 9.84 Å². The standard InChI is InChI=1S/C19H19NO2S/c1-14-6-9-17(13-15(14)2)20-12-4-5-19(20)16-7-10-18(11-8-16)23(3,21)22/h4-13H,1-3H3. The van der Waals surface area contributed by atoms with Gasteiger partial charge in [-0.25, -0.2) is 8.42 Å². The molecule has 1 aromatic heterocycles. The van der Waals surface area contributed by atoms with Crippen LogP contribution in [0.2, 0.25) is 0 Å². The van der Waals surface area contributed by atoms with Gasteiger partial charge in [-0.05, 0) is 66.9 Å². The molecule has 2 aromatic carbocycles. The van der Waals surface area contributed by atoms with Gasteiger partial charge < -0.3 is 4.57 Å². The van der Waals surface area contributed by atoms with Crippen molar-refractivity contribution in [1.82, 2.24) is 4.57 Å². The summed E-state index contributed by atoms with van der Waals surface area (Å²) in [5.41, 5.74) is 5.63. The Hall–Kier alpha value is -2.33. The van der Waals surface area contributed by atoms with Gasteiger partial charge in [0.1, 0.15) is 0 Å². The van der Waals surface area contributed by atoms with Crippen molar-refractivity contribution in [1.29, 1.82) is 0 Å². The summed E-state index contributed by atoms with van der Waals surface area (Å²) in [6.45, 7) is 4.20. The largest absolute Gasteiger partial charge is 0.317 e. The van der Waals surface area contributed by atoms with E-state index in [4.69, 9.17) is 0 Å². The molecule has 0 aliphatic carbocycles. The van der Waals surface area contributed by atoms with E-state index in [2.05, 4.69) is 36.6 Å². The third-order valence-electron chi connectivity index (χ3n) is 4.10. The van der Waals surface area contributed by atoms with Gasteiger partial charge in [0.05, 0.1) is 10.6 Å². The molecular formula is C19H19NO2S. The number of hydrogen-bond acceptors (Lipinski definition) is 2. The zero-order chi connectivity index (χ0) is 16.6. The van der Waals surface area contributed by atoms with E-state index in [0.717, 1.165) is 16.9 Å². The Bertz CT molecular complexity index is 951. The van der Waals surface area contributed by atoms with Crippen molar-refractivity contribution in [3.63, 3.8) is 0 Å². The highest BCUT2D eigenvalue weighted by atomic mass is 32.2. The molecule has 23 heavy (non-hydrogen) atoms. The second-order valence-corrected chi connectivity index (χ2v) is 7.84. The monoisotopic (exact) mass is 325 g/mol. The van der Waals surface area contributed by atoms with Crippen molar-refractivity contribution in [2.75, 3.05) is 6.26 Å². The normalized spacial score (nSPS) is 11.6. The molecule has 0 aliphatic rings. The van der Waals surface area contributed by atoms with E-state index in [1.165, 1.54) is 17.4 Å². The molecule has 0 bridgehead atoms. The Morgan fingerprint density at radius 2 is 1.57 bits per heavy atom. The SMILES string of the molecule is Cc1ccc(-n2cccc2-c2ccc(S(C)(=O)=O)cc2)cc1C. The maximum Gasteiger partial charge on any atom is 0.175 e. The van der Waals surface area contributed by atoms with Crippen LogP contribution in [0, 0.1) is 13.8 Å². The van der Waals surface area contributed by atoms with Gasteiger partial charge in [-0.3, -0.25) is 0 Å². The number of aromatic nitrogens is 1. The van der Waals surface area contributed by atoms with E-state index >= 15 is 0 Å². The van der Waals surface area contributed by atoms with E-state index in [1.807, 2.05) is 30.5 Å². The highest BCUT2D eigenvalue weighted by Gasteiger charge is 2.10. The second-order valence-electron chi connectivity index (χ2n) is 5.83. The quantitative estimate of drug-likeness (QED) is 0.725. The van der Waals surface area contributed by atoms with Crippen LogP contribution >= 0.6 is 0 Å². The number of hydrogen-bond donors (Lipinski definition) is 0. The molecular weight excluding hydrogens is 306 g/mol. The Labute approximate surface area is 137 Å². The predicted molar refractivity (Wildman–Crippen MR) is 93.8 cm³/mol. The summed E-state index contributed by atoms with van der Waals surface area (Å²) in [5, 5.41) is 0. The van der Waals surface area contributed by atoms with Crippen LogP contribution in [-0.4, -0.2) is 19.2 Å². The molecule has 0 unspecified atom stereocenters. The second kappa shape index (κ2) is 5.70. The van der Waals surface area contributed by atoms with Crippen molar-refractivity contribution in [3.05, 3.63) is 71.9 Å². The van der Waals surface area contributed by atoms with Gasteiger partial charge in [-0.2, -0.15) is 0 Å². The van der Waals surface area contributed by atoms with Crippen LogP contribution in [-0.2, 0) is 9.84 Å². The third kappa shape index (κ3) is 3.08. The van der Waals surface area contributed by atoms with Crippen LogP contribution in [0.25, 0.3) is 16.9 Å². The minimum Gasteiger partial charge on any atom is -0.317 e. The van der Waals surface area contributed by atoms with Crippen molar-refractivity contribution in [2.45, 2.75) is 18.7 Å². The molecule has 3 aromatic rings. The first-order valence-corrected chi connectivity index (χ1v) is 9.31. The van der Waals surface area contributed by atoms with Gasteiger partial charge in [0, 0.05) is 18.1 Å². The summed E-state index contributed by atoms with van der Waals surface area (Å²) in [5.74, 6) is 0. The van der Waals surface area contributed by atoms with Gasteiger partial charge in [-0.15, -0.1) is 0 Å². The van der Waals surface area contributed by atoms with Gasteiger partial charge in [-0.1, -0.05) is 18.2 Å². The van der Waals surface area contributed by atoms with Crippen molar-refractivity contribution < 1.29 is 8.42 Å². The molecule has 0 amide bonds. The first kappa shape index (κ1) is 15.6. The van der Waals surface area contributed by atoms with Crippen LogP contribution in [0.3, 0.4) is 0 Å². The van der Waals surface area contributed by atoms with Crippen LogP contribution < -0.4 is 0 Å². The molecule has 1 heterocycles. The van der Waals surface area contributed by atoms with E-state index in [9.17, 15) is 8.42 Å². The smallest absolute Gasteiger partial charge is 0.175 e. The van der Waals surface area contributed by atoms with Crippen molar-refractivity contribution in [3.8, 4) is 16.9 Å². The average molecular weight is 325 g/mol. The molecule has 0 aliphatic heterocycles. The number of nitrogens with zero attached hydrogens (tertiary/aromatic N) is 1. The summed E-state index contributed by atoms with van der Waals surface area (Å²) in [7, 11) is -3.17. The van der Waals surface area contributed by atoms with E-state index in [-0.39, 0.29) is 0 Å². The Balaban J connectivity index is 2.05. The van der Waals surface area contributed by atoms with Crippen LogP contribution in [0.5, 0.6) is 0 Å². The zero-order valence-electron chi connectivity index (χ0n) is 13.4. The Kier molecular flexibility index (Phi) is 3.86. The first-order valence-electron chi connectivity index (χ1n) is 7.42. The molecule has 0 saturated heterocycles. The number of benzene rings is 2. The molecule has 3 rings (SSSR count). The predicted octanol–water partition coefficient (Wildman–Crippen LogP) is 4.16. The summed E-state index contributed by atoms with van der Waals surface area (Å²) in [4.78, 5) is 0.338. The molecule has 0 fully saturated rings. The van der Waals surface area contributed by atoms with Gasteiger partial charge in [0.2, 0.25) is 0 Å². The lowest BCUT2D eigenvalue weighted by atomic mass is 10.1. The molecule has 3 nitrogen and oxygen atoms in total. The fourth-order valence-electron chi connectivity index (χ4n) is 2.59. The summed E-state index contributed by atoms with van der Waals surface area (Å²) in [6.07, 6.45) is 3.24. The molecule has 0 radical (unpaired) electrons. The fourth-order valence-corrected chi connectivity index (χ4v) is 3.22. The first-order chi connectivity index (χ1) is 10.9. The zero-order valence-corrected chi connectivity index (χ0v) is 14.3. The third-order valence-corrected chi connectivity index (χ3v) is 5.22. The maximum absolute atomic E-state index is 11.6. The minimum atomic E-state index is -3.17. The highest BCUT2D eigenvalue weighted by molar-refractivity contribution is 7.90. The molecule has 4 heteroatoms. The minimum absolute atomic E-state index is 0.338. The number of sulfone groups is 1. The Morgan fingerprint density at radius 3 is 2.17 bits per heavy atom. The summed E-state index contributed by atoms with van der Waals surface area (Å²) < 4.78 is 25.3. The van der Waals surface area contributed by atoms with E-state index in [0.29, 0.717) is 4.90 Å². The number of rotatable bonds is 3. The lowest BCUT2D eigenvalue weighted by Crippen LogP contribution is -1.98. The lowest BCUT2D eigenvalue weighted by molar-refractivity contribution is 0.602. The van der Waals surface area contributed by atoms with Crippen molar-refractivity contribution in [2.24, 2.45) is 0 Å². The van der Waals surface area contributed by atoms with Gasteiger partial charge in [0.15, 0.2) is 9.84 Å². The van der Waals surface area contributed by atoms with Gasteiger partial charge in [0.25, 0.3) is 0 Å². The maximum atomic E-state index is 11.6. The van der Waals surface area contributed by atoms with Crippen LogP contribution in [0.4, 0.5) is 0 Å². The number of aryl methyl sites for hydroxylation is 2. The summed E-state index contributed by atoms with van der Waals surface area (Å²) >= 11 is 0.